The molecule has 7 rings (SSSR count). The molecule has 0 saturated heterocycles. The minimum Gasteiger partial charge on any atom is -0.294 e. The molecule has 2 heterocycles. The molecule has 40 heavy (non-hydrogen) atoms. The monoisotopic (exact) mass is 516 g/mol. The molecule has 5 aromatic carbocycles. The average molecular weight is 517 g/mol. The third-order valence-corrected chi connectivity index (χ3v) is 7.59. The van der Waals surface area contributed by atoms with Crippen LogP contribution in [0.5, 0.6) is 0 Å². The second-order valence-corrected chi connectivity index (χ2v) is 10.0. The molecule has 0 amide bonds. The van der Waals surface area contributed by atoms with Gasteiger partial charge in [0, 0.05) is 32.7 Å². The molecule has 0 aliphatic heterocycles. The third-order valence-electron chi connectivity index (χ3n) is 7.59. The van der Waals surface area contributed by atoms with Crippen LogP contribution in [-0.2, 0) is 0 Å². The van der Waals surface area contributed by atoms with Gasteiger partial charge in [0.05, 0.1) is 33.2 Å². The van der Waals surface area contributed by atoms with E-state index in [-0.39, 0.29) is 11.6 Å². The fourth-order valence-electron chi connectivity index (χ4n) is 6.00. The number of hydrogen-bond donors (Lipinski definition) is 0. The number of para-hydroxylation sites is 2. The molecule has 0 N–H and O–H groups in total. The first kappa shape index (κ1) is 23.9. The van der Waals surface area contributed by atoms with Gasteiger partial charge in [-0.05, 0) is 37.1 Å². The lowest BCUT2D eigenvalue weighted by Crippen LogP contribution is -2.08. The normalized spacial score (nSPS) is 11.4. The van der Waals surface area contributed by atoms with E-state index in [0.717, 1.165) is 44.1 Å². The second-order valence-electron chi connectivity index (χ2n) is 10.0. The van der Waals surface area contributed by atoms with Crippen molar-refractivity contribution in [3.8, 4) is 22.3 Å². The molecule has 7 aromatic rings. The Morgan fingerprint density at radius 3 is 1.20 bits per heavy atom. The summed E-state index contributed by atoms with van der Waals surface area (Å²) in [5, 5.41) is 3.16. The molecule has 0 aliphatic carbocycles. The fourth-order valence-corrected chi connectivity index (χ4v) is 6.00. The number of nitrogens with zero attached hydrogens (tertiary/aromatic N) is 2. The number of ketones is 2. The highest BCUT2D eigenvalue weighted by Crippen LogP contribution is 2.45. The summed E-state index contributed by atoms with van der Waals surface area (Å²) in [5.74, 6) is -0.248. The number of Topliss-reactive ketones (excluding diaryl/α,β-unsaturated/α-hetero) is 2. The van der Waals surface area contributed by atoms with Gasteiger partial charge in [-0.25, -0.2) is 9.97 Å². The van der Waals surface area contributed by atoms with Gasteiger partial charge in [0.25, 0.3) is 0 Å². The fraction of sp³-hybridized carbons (Fsp3) is 0.0556. The molecule has 0 bridgehead atoms. The summed E-state index contributed by atoms with van der Waals surface area (Å²) in [6.45, 7) is 3.15. The van der Waals surface area contributed by atoms with Crippen molar-refractivity contribution in [2.75, 3.05) is 0 Å². The number of pyridine rings is 2. The number of rotatable bonds is 4. The maximum Gasteiger partial charge on any atom is 0.162 e. The SMILES string of the molecule is CC(=O)c1c2nc3ccccc3c(-c3ccccc3)c2c(C(C)=O)c2nc3ccccc3c(-c3ccccc3)c12. The Balaban J connectivity index is 1.87. The Labute approximate surface area is 230 Å². The Hall–Kier alpha value is -5.22. The maximum atomic E-state index is 13.7. The quantitative estimate of drug-likeness (QED) is 0.173. The van der Waals surface area contributed by atoms with E-state index in [1.54, 1.807) is 13.8 Å². The van der Waals surface area contributed by atoms with Gasteiger partial charge in [0.1, 0.15) is 0 Å². The van der Waals surface area contributed by atoms with Gasteiger partial charge < -0.3 is 0 Å². The minimum atomic E-state index is -0.124. The Bertz CT molecular complexity index is 1990. The molecule has 0 aliphatic rings. The van der Waals surface area contributed by atoms with Gasteiger partial charge in [-0.3, -0.25) is 9.59 Å². The Kier molecular flexibility index (Phi) is 5.49. The standard InChI is InChI=1S/C36H24N2O2/c1-21(39)29-33-31(23-13-5-3-6-14-23)25-17-9-12-20-28(25)38-36(33)30(22(2)40)34-32(24-15-7-4-8-16-24)26-18-10-11-19-27(26)37-35(29)34/h3-20H,1-2H3. The van der Waals surface area contributed by atoms with E-state index < -0.39 is 0 Å². The summed E-state index contributed by atoms with van der Waals surface area (Å²) in [6.07, 6.45) is 0. The van der Waals surface area contributed by atoms with E-state index in [1.165, 1.54) is 0 Å². The van der Waals surface area contributed by atoms with Crippen LogP contribution in [0, 0.1) is 0 Å². The van der Waals surface area contributed by atoms with Crippen LogP contribution >= 0.6 is 0 Å². The van der Waals surface area contributed by atoms with E-state index in [2.05, 4.69) is 0 Å². The Morgan fingerprint density at radius 1 is 0.475 bits per heavy atom. The highest BCUT2D eigenvalue weighted by atomic mass is 16.1. The van der Waals surface area contributed by atoms with E-state index in [0.29, 0.717) is 32.9 Å². The first-order valence-corrected chi connectivity index (χ1v) is 13.3. The van der Waals surface area contributed by atoms with E-state index in [4.69, 9.17) is 9.97 Å². The van der Waals surface area contributed by atoms with Crippen molar-refractivity contribution in [2.24, 2.45) is 0 Å². The van der Waals surface area contributed by atoms with Gasteiger partial charge in [-0.15, -0.1) is 0 Å². The van der Waals surface area contributed by atoms with Crippen LogP contribution in [0.15, 0.2) is 109 Å². The smallest absolute Gasteiger partial charge is 0.162 e. The van der Waals surface area contributed by atoms with E-state index >= 15 is 0 Å². The summed E-state index contributed by atoms with van der Waals surface area (Å²) in [5.41, 5.74) is 7.21. The van der Waals surface area contributed by atoms with Crippen LogP contribution in [0.4, 0.5) is 0 Å². The summed E-state index contributed by atoms with van der Waals surface area (Å²) in [4.78, 5) is 37.6. The van der Waals surface area contributed by atoms with Crippen LogP contribution in [0.2, 0.25) is 0 Å². The maximum absolute atomic E-state index is 13.7. The number of benzene rings is 5. The van der Waals surface area contributed by atoms with Gasteiger partial charge in [-0.1, -0.05) is 97.1 Å². The van der Waals surface area contributed by atoms with E-state index in [1.807, 2.05) is 109 Å². The summed E-state index contributed by atoms with van der Waals surface area (Å²) < 4.78 is 0. The lowest BCUT2D eigenvalue weighted by atomic mass is 9.84. The van der Waals surface area contributed by atoms with Crippen molar-refractivity contribution >= 4 is 55.2 Å². The van der Waals surface area contributed by atoms with Crippen molar-refractivity contribution in [3.05, 3.63) is 120 Å². The number of carbonyl (C=O) groups is 2. The van der Waals surface area contributed by atoms with Crippen LogP contribution in [0.1, 0.15) is 34.6 Å². The molecule has 2 aromatic heterocycles. The highest BCUT2D eigenvalue weighted by Gasteiger charge is 2.28. The van der Waals surface area contributed by atoms with Gasteiger partial charge in [0.2, 0.25) is 0 Å². The van der Waals surface area contributed by atoms with E-state index in [9.17, 15) is 9.59 Å². The summed E-state index contributed by atoms with van der Waals surface area (Å²) in [7, 11) is 0. The molecule has 0 fully saturated rings. The third kappa shape index (κ3) is 3.53. The van der Waals surface area contributed by atoms with Crippen molar-refractivity contribution in [2.45, 2.75) is 13.8 Å². The zero-order valence-corrected chi connectivity index (χ0v) is 22.1. The van der Waals surface area contributed by atoms with Gasteiger partial charge in [0.15, 0.2) is 11.6 Å². The lowest BCUT2D eigenvalue weighted by molar-refractivity contribution is 0.101. The predicted octanol–water partition coefficient (Wildman–Crippen LogP) is 8.83. The van der Waals surface area contributed by atoms with Gasteiger partial charge >= 0.3 is 0 Å². The lowest BCUT2D eigenvalue weighted by Gasteiger charge is -2.21. The van der Waals surface area contributed by atoms with Crippen LogP contribution in [0.25, 0.3) is 65.9 Å². The zero-order chi connectivity index (χ0) is 27.4. The molecular formula is C36H24N2O2. The first-order valence-electron chi connectivity index (χ1n) is 13.3. The topological polar surface area (TPSA) is 59.9 Å². The average Bonchev–Trinajstić information content (AvgIpc) is 2.98. The van der Waals surface area contributed by atoms with Crippen molar-refractivity contribution in [1.82, 2.24) is 9.97 Å². The number of fused-ring (bicyclic) bond motifs is 4. The van der Waals surface area contributed by atoms with Gasteiger partial charge in [-0.2, -0.15) is 0 Å². The Morgan fingerprint density at radius 2 is 0.825 bits per heavy atom. The molecule has 190 valence electrons. The summed E-state index contributed by atoms with van der Waals surface area (Å²) >= 11 is 0. The van der Waals surface area contributed by atoms with Crippen molar-refractivity contribution < 1.29 is 9.59 Å². The zero-order valence-electron chi connectivity index (χ0n) is 22.1. The molecule has 0 spiro atoms. The number of carbonyl (C=O) groups excluding carboxylic acids is 2. The van der Waals surface area contributed by atoms with Crippen LogP contribution < -0.4 is 0 Å². The molecule has 0 saturated carbocycles. The molecule has 0 unspecified atom stereocenters. The molecule has 4 nitrogen and oxygen atoms in total. The molecule has 0 radical (unpaired) electrons. The largest absolute Gasteiger partial charge is 0.294 e. The second kappa shape index (κ2) is 9.21. The molecule has 4 heteroatoms. The first-order chi connectivity index (χ1) is 19.5. The highest BCUT2D eigenvalue weighted by molar-refractivity contribution is 6.32. The van der Waals surface area contributed by atoms with Crippen LogP contribution in [-0.4, -0.2) is 21.5 Å². The van der Waals surface area contributed by atoms with Crippen LogP contribution in [0.3, 0.4) is 0 Å². The minimum absolute atomic E-state index is 0.124. The number of aromatic nitrogens is 2. The predicted molar refractivity (Wildman–Crippen MR) is 163 cm³/mol. The van der Waals surface area contributed by atoms with Crippen molar-refractivity contribution in [1.29, 1.82) is 0 Å². The molecular weight excluding hydrogens is 492 g/mol. The van der Waals surface area contributed by atoms with Crippen molar-refractivity contribution in [3.63, 3.8) is 0 Å². The molecule has 0 atom stereocenters. The number of hydrogen-bond acceptors (Lipinski definition) is 4. The summed E-state index contributed by atoms with van der Waals surface area (Å²) in [6, 6.07) is 35.8.